The average Bonchev–Trinajstić information content (AvgIpc) is 3.31. The van der Waals surface area contributed by atoms with Crippen LogP contribution in [-0.2, 0) is 26.1 Å². The van der Waals surface area contributed by atoms with Gasteiger partial charge in [-0.3, -0.25) is 4.79 Å². The number of aromatic nitrogens is 1. The van der Waals surface area contributed by atoms with Gasteiger partial charge in [0.05, 0.1) is 24.7 Å². The third-order valence-electron chi connectivity index (χ3n) is 7.52. The van der Waals surface area contributed by atoms with E-state index in [2.05, 4.69) is 37.6 Å². The standard InChI is InChI=1S/C28H41N3O5S/c1-20-16-23(35-6)17-21(2)26(20)37(33,34)31-13-8-7-10-22(31)18-36-19-25(32)30-15-14-29-12-9-11-24(29)27(30)28(3,4)5/h9,11-12,16-17,22,27H,7-8,10,13-15,18-19H2,1-6H3. The fourth-order valence-electron chi connectivity index (χ4n) is 5.94. The zero-order valence-corrected chi connectivity index (χ0v) is 23.8. The Kier molecular flexibility index (Phi) is 8.07. The van der Waals surface area contributed by atoms with Crippen molar-refractivity contribution in [1.29, 1.82) is 0 Å². The predicted molar refractivity (Wildman–Crippen MR) is 143 cm³/mol. The van der Waals surface area contributed by atoms with Crippen LogP contribution in [0.2, 0.25) is 0 Å². The summed E-state index contributed by atoms with van der Waals surface area (Å²) in [4.78, 5) is 15.6. The fourth-order valence-corrected chi connectivity index (χ4v) is 8.03. The number of carbonyl (C=O) groups excluding carboxylic acids is 1. The molecule has 2 aromatic rings. The Morgan fingerprint density at radius 1 is 1.08 bits per heavy atom. The van der Waals surface area contributed by atoms with E-state index in [-0.39, 0.29) is 36.6 Å². The van der Waals surface area contributed by atoms with Crippen molar-refractivity contribution in [3.63, 3.8) is 0 Å². The van der Waals surface area contributed by atoms with Crippen molar-refractivity contribution in [2.75, 3.05) is 33.4 Å². The molecule has 2 aliphatic rings. The molecule has 0 spiro atoms. The van der Waals surface area contributed by atoms with Gasteiger partial charge in [0.2, 0.25) is 15.9 Å². The molecule has 2 unspecified atom stereocenters. The second-order valence-electron chi connectivity index (χ2n) is 11.4. The molecule has 0 saturated carbocycles. The van der Waals surface area contributed by atoms with E-state index in [0.717, 1.165) is 25.1 Å². The highest BCUT2D eigenvalue weighted by Crippen LogP contribution is 2.40. The molecule has 204 valence electrons. The molecular weight excluding hydrogens is 490 g/mol. The van der Waals surface area contributed by atoms with E-state index in [9.17, 15) is 13.2 Å². The molecule has 1 amide bonds. The molecule has 2 atom stereocenters. The molecule has 1 aromatic carbocycles. The van der Waals surface area contributed by atoms with Crippen molar-refractivity contribution in [2.24, 2.45) is 5.41 Å². The molecule has 0 N–H and O–H groups in total. The van der Waals surface area contributed by atoms with Crippen LogP contribution in [0.25, 0.3) is 0 Å². The van der Waals surface area contributed by atoms with Crippen molar-refractivity contribution in [3.05, 3.63) is 47.3 Å². The number of hydrogen-bond acceptors (Lipinski definition) is 5. The Hall–Kier alpha value is -2.36. The first-order valence-corrected chi connectivity index (χ1v) is 14.6. The maximum atomic E-state index is 13.8. The molecule has 1 aromatic heterocycles. The minimum atomic E-state index is -3.72. The monoisotopic (exact) mass is 531 g/mol. The largest absolute Gasteiger partial charge is 0.497 e. The van der Waals surface area contributed by atoms with Crippen LogP contribution < -0.4 is 4.74 Å². The zero-order valence-electron chi connectivity index (χ0n) is 23.0. The van der Waals surface area contributed by atoms with Gasteiger partial charge in [0.1, 0.15) is 12.4 Å². The van der Waals surface area contributed by atoms with Crippen LogP contribution in [0.3, 0.4) is 0 Å². The SMILES string of the molecule is COc1cc(C)c(S(=O)(=O)N2CCCCC2COCC(=O)N2CCn3cccc3C2C(C)(C)C)c(C)c1. The van der Waals surface area contributed by atoms with Gasteiger partial charge in [-0.05, 0) is 67.5 Å². The molecule has 8 nitrogen and oxygen atoms in total. The van der Waals surface area contributed by atoms with E-state index in [1.807, 2.05) is 11.0 Å². The summed E-state index contributed by atoms with van der Waals surface area (Å²) in [5.41, 5.74) is 2.34. The number of piperidine rings is 1. The summed E-state index contributed by atoms with van der Waals surface area (Å²) < 4.78 is 42.6. The van der Waals surface area contributed by atoms with E-state index in [1.54, 1.807) is 37.4 Å². The van der Waals surface area contributed by atoms with Crippen LogP contribution in [-0.4, -0.2) is 67.6 Å². The topological polar surface area (TPSA) is 81.1 Å². The predicted octanol–water partition coefficient (Wildman–Crippen LogP) is 4.30. The van der Waals surface area contributed by atoms with Crippen molar-refractivity contribution >= 4 is 15.9 Å². The highest BCUT2D eigenvalue weighted by molar-refractivity contribution is 7.89. The van der Waals surface area contributed by atoms with Gasteiger partial charge < -0.3 is 18.9 Å². The number of aryl methyl sites for hydroxylation is 2. The molecule has 0 aliphatic carbocycles. The second kappa shape index (κ2) is 10.8. The third kappa shape index (κ3) is 5.59. The highest BCUT2D eigenvalue weighted by Gasteiger charge is 2.39. The van der Waals surface area contributed by atoms with Crippen molar-refractivity contribution in [2.45, 2.75) is 77.4 Å². The van der Waals surface area contributed by atoms with E-state index in [0.29, 0.717) is 41.3 Å². The summed E-state index contributed by atoms with van der Waals surface area (Å²) in [6.45, 7) is 12.0. The number of benzene rings is 1. The summed E-state index contributed by atoms with van der Waals surface area (Å²) in [6, 6.07) is 7.29. The van der Waals surface area contributed by atoms with E-state index in [1.165, 1.54) is 0 Å². The minimum absolute atomic E-state index is 0.0417. The molecule has 1 fully saturated rings. The van der Waals surface area contributed by atoms with Crippen LogP contribution in [0, 0.1) is 19.3 Å². The number of methoxy groups -OCH3 is 1. The lowest BCUT2D eigenvalue weighted by atomic mass is 9.82. The number of nitrogens with zero attached hydrogens (tertiary/aromatic N) is 3. The van der Waals surface area contributed by atoms with Gasteiger partial charge in [-0.1, -0.05) is 27.2 Å². The van der Waals surface area contributed by atoms with Crippen LogP contribution in [0.5, 0.6) is 5.75 Å². The number of sulfonamides is 1. The molecule has 37 heavy (non-hydrogen) atoms. The van der Waals surface area contributed by atoms with E-state index in [4.69, 9.17) is 9.47 Å². The summed E-state index contributed by atoms with van der Waals surface area (Å²) in [5, 5.41) is 0. The number of rotatable bonds is 7. The van der Waals surface area contributed by atoms with Gasteiger partial charge >= 0.3 is 0 Å². The average molecular weight is 532 g/mol. The molecule has 3 heterocycles. The Morgan fingerprint density at radius 2 is 1.78 bits per heavy atom. The maximum Gasteiger partial charge on any atom is 0.249 e. The quantitative estimate of drug-likeness (QED) is 0.532. The molecule has 0 bridgehead atoms. The first kappa shape index (κ1) is 27.7. The number of fused-ring (bicyclic) bond motifs is 1. The Bertz CT molecular complexity index is 1210. The fraction of sp³-hybridized carbons (Fsp3) is 0.607. The Labute approximate surface area is 221 Å². The number of carbonyl (C=O) groups is 1. The molecule has 1 saturated heterocycles. The van der Waals surface area contributed by atoms with Gasteiger partial charge in [-0.2, -0.15) is 4.31 Å². The van der Waals surface area contributed by atoms with E-state index < -0.39 is 10.0 Å². The Morgan fingerprint density at radius 3 is 2.43 bits per heavy atom. The first-order chi connectivity index (χ1) is 17.4. The van der Waals surface area contributed by atoms with Crippen molar-refractivity contribution < 1.29 is 22.7 Å². The van der Waals surface area contributed by atoms with Crippen LogP contribution in [0.4, 0.5) is 0 Å². The normalized spacial score (nSPS) is 21.1. The summed E-state index contributed by atoms with van der Waals surface area (Å²) in [5.74, 6) is 0.587. The van der Waals surface area contributed by atoms with Gasteiger partial charge in [-0.15, -0.1) is 0 Å². The lowest BCUT2D eigenvalue weighted by molar-refractivity contribution is -0.143. The second-order valence-corrected chi connectivity index (χ2v) is 13.2. The number of hydrogen-bond donors (Lipinski definition) is 0. The number of amides is 1. The first-order valence-electron chi connectivity index (χ1n) is 13.1. The third-order valence-corrected chi connectivity index (χ3v) is 9.78. The lowest BCUT2D eigenvalue weighted by Crippen LogP contribution is -2.49. The van der Waals surface area contributed by atoms with Crippen LogP contribution in [0.15, 0.2) is 35.4 Å². The van der Waals surface area contributed by atoms with Gasteiger partial charge in [-0.25, -0.2) is 8.42 Å². The summed E-state index contributed by atoms with van der Waals surface area (Å²) >= 11 is 0. The van der Waals surface area contributed by atoms with Gasteiger partial charge in [0.15, 0.2) is 0 Å². The zero-order chi connectivity index (χ0) is 27.0. The molecule has 0 radical (unpaired) electrons. The molecular formula is C28H41N3O5S. The van der Waals surface area contributed by atoms with Crippen LogP contribution in [0.1, 0.15) is 62.9 Å². The number of ether oxygens (including phenoxy) is 2. The maximum absolute atomic E-state index is 13.8. The van der Waals surface area contributed by atoms with Crippen molar-refractivity contribution in [1.82, 2.24) is 13.8 Å². The highest BCUT2D eigenvalue weighted by atomic mass is 32.2. The lowest BCUT2D eigenvalue weighted by Gasteiger charge is -2.44. The molecule has 4 rings (SSSR count). The van der Waals surface area contributed by atoms with Crippen LogP contribution >= 0.6 is 0 Å². The summed E-state index contributed by atoms with van der Waals surface area (Å²) in [7, 11) is -2.15. The van der Waals surface area contributed by atoms with Gasteiger partial charge in [0.25, 0.3) is 0 Å². The van der Waals surface area contributed by atoms with E-state index >= 15 is 0 Å². The molecule has 2 aliphatic heterocycles. The minimum Gasteiger partial charge on any atom is -0.497 e. The Balaban J connectivity index is 1.46. The van der Waals surface area contributed by atoms with Gasteiger partial charge in [0, 0.05) is 37.6 Å². The van der Waals surface area contributed by atoms with Crippen molar-refractivity contribution in [3.8, 4) is 5.75 Å². The smallest absolute Gasteiger partial charge is 0.249 e. The molecule has 9 heteroatoms. The summed E-state index contributed by atoms with van der Waals surface area (Å²) in [6.07, 6.45) is 4.52.